The summed E-state index contributed by atoms with van der Waals surface area (Å²) in [4.78, 5) is 20.4. The van der Waals surface area contributed by atoms with Gasteiger partial charge in [0.2, 0.25) is 5.91 Å². The average molecular weight is 348 g/mol. The molecule has 0 fully saturated rings. The van der Waals surface area contributed by atoms with Crippen LogP contribution in [0.25, 0.3) is 0 Å². The number of thiazole rings is 1. The number of nitrogens with zero attached hydrogens (tertiary/aromatic N) is 2. The molecule has 2 heterocycles. The van der Waals surface area contributed by atoms with Gasteiger partial charge in [0.25, 0.3) is 0 Å². The van der Waals surface area contributed by atoms with E-state index in [-0.39, 0.29) is 11.2 Å². The third kappa shape index (κ3) is 4.09. The van der Waals surface area contributed by atoms with Crippen molar-refractivity contribution in [1.29, 1.82) is 0 Å². The first-order valence-corrected chi connectivity index (χ1v) is 8.18. The average Bonchev–Trinajstić information content (AvgIpc) is 2.78. The molecule has 0 aliphatic heterocycles. The Kier molecular flexibility index (Phi) is 5.26. The van der Waals surface area contributed by atoms with E-state index in [1.807, 2.05) is 12.3 Å². The van der Waals surface area contributed by atoms with Crippen LogP contribution < -0.4 is 5.32 Å². The highest BCUT2D eigenvalue weighted by molar-refractivity contribution is 8.02. The molecule has 1 atom stereocenters. The minimum absolute atomic E-state index is 0.181. The van der Waals surface area contributed by atoms with Gasteiger partial charge >= 0.3 is 0 Å². The molecule has 0 saturated carbocycles. The normalized spacial score (nSPS) is 12.2. The van der Waals surface area contributed by atoms with Gasteiger partial charge < -0.3 is 5.32 Å². The SMILES string of the molecule is Cc1csc(SC(C)C(=O)Nc2ncc(Cl)cc2Cl)n1. The van der Waals surface area contributed by atoms with Crippen molar-refractivity contribution in [3.63, 3.8) is 0 Å². The molecule has 2 aromatic rings. The van der Waals surface area contributed by atoms with Crippen LogP contribution in [0.4, 0.5) is 5.82 Å². The molecule has 0 aliphatic carbocycles. The summed E-state index contributed by atoms with van der Waals surface area (Å²) in [6.45, 7) is 3.73. The lowest BCUT2D eigenvalue weighted by Crippen LogP contribution is -2.23. The van der Waals surface area contributed by atoms with Gasteiger partial charge in [0.05, 0.1) is 15.3 Å². The number of carbonyl (C=O) groups excluding carboxylic acids is 1. The Labute approximate surface area is 134 Å². The van der Waals surface area contributed by atoms with E-state index in [1.165, 1.54) is 35.4 Å². The van der Waals surface area contributed by atoms with Crippen LogP contribution in [0.2, 0.25) is 10.0 Å². The summed E-state index contributed by atoms with van der Waals surface area (Å²) in [6.07, 6.45) is 1.44. The van der Waals surface area contributed by atoms with E-state index >= 15 is 0 Å². The lowest BCUT2D eigenvalue weighted by molar-refractivity contribution is -0.115. The molecule has 1 N–H and O–H groups in total. The highest BCUT2D eigenvalue weighted by atomic mass is 35.5. The smallest absolute Gasteiger partial charge is 0.238 e. The van der Waals surface area contributed by atoms with Gasteiger partial charge in [0.1, 0.15) is 0 Å². The Morgan fingerprint density at radius 3 is 2.85 bits per heavy atom. The summed E-state index contributed by atoms with van der Waals surface area (Å²) in [5.74, 6) is 0.128. The minimum Gasteiger partial charge on any atom is -0.308 e. The summed E-state index contributed by atoms with van der Waals surface area (Å²) in [7, 11) is 0. The van der Waals surface area contributed by atoms with Crippen LogP contribution in [0.5, 0.6) is 0 Å². The molecular formula is C12H11Cl2N3OS2. The monoisotopic (exact) mass is 347 g/mol. The molecule has 2 rings (SSSR count). The van der Waals surface area contributed by atoms with Crippen LogP contribution in [0.15, 0.2) is 22.0 Å². The highest BCUT2D eigenvalue weighted by Gasteiger charge is 2.18. The summed E-state index contributed by atoms with van der Waals surface area (Å²) < 4.78 is 0.861. The zero-order chi connectivity index (χ0) is 14.7. The standard InChI is InChI=1S/C12H11Cl2N3OS2/c1-6-5-19-12(16-6)20-7(2)11(18)17-10-9(14)3-8(13)4-15-10/h3-5,7H,1-2H3,(H,15,17,18). The van der Waals surface area contributed by atoms with Crippen LogP contribution in [0.1, 0.15) is 12.6 Å². The molecule has 0 spiro atoms. The highest BCUT2D eigenvalue weighted by Crippen LogP contribution is 2.28. The number of carbonyl (C=O) groups is 1. The van der Waals surface area contributed by atoms with E-state index in [4.69, 9.17) is 23.2 Å². The van der Waals surface area contributed by atoms with Crippen molar-refractivity contribution in [2.75, 3.05) is 5.32 Å². The van der Waals surface area contributed by atoms with Crippen molar-refractivity contribution in [1.82, 2.24) is 9.97 Å². The second-order valence-corrected chi connectivity index (χ2v) is 7.28. The summed E-state index contributed by atoms with van der Waals surface area (Å²) in [5, 5.41) is 5.07. The molecule has 1 unspecified atom stereocenters. The number of aromatic nitrogens is 2. The third-order valence-corrected chi connectivity index (χ3v) is 4.98. The largest absolute Gasteiger partial charge is 0.308 e. The minimum atomic E-state index is -0.297. The van der Waals surface area contributed by atoms with Crippen molar-refractivity contribution in [3.05, 3.63) is 33.4 Å². The molecule has 1 amide bonds. The van der Waals surface area contributed by atoms with Crippen LogP contribution in [-0.4, -0.2) is 21.1 Å². The number of aryl methyl sites for hydroxylation is 1. The summed E-state index contributed by atoms with van der Waals surface area (Å²) in [6, 6.07) is 1.54. The fourth-order valence-electron chi connectivity index (χ4n) is 1.32. The van der Waals surface area contributed by atoms with Gasteiger partial charge in [-0.15, -0.1) is 11.3 Å². The lowest BCUT2D eigenvalue weighted by Gasteiger charge is -2.10. The Morgan fingerprint density at radius 1 is 1.50 bits per heavy atom. The number of pyridine rings is 1. The molecule has 0 saturated heterocycles. The zero-order valence-corrected chi connectivity index (χ0v) is 13.8. The van der Waals surface area contributed by atoms with E-state index in [2.05, 4.69) is 15.3 Å². The number of anilines is 1. The third-order valence-electron chi connectivity index (χ3n) is 2.29. The topological polar surface area (TPSA) is 54.9 Å². The van der Waals surface area contributed by atoms with E-state index < -0.39 is 0 Å². The van der Waals surface area contributed by atoms with Crippen LogP contribution in [-0.2, 0) is 4.79 Å². The molecule has 20 heavy (non-hydrogen) atoms. The van der Waals surface area contributed by atoms with Crippen molar-refractivity contribution < 1.29 is 4.79 Å². The van der Waals surface area contributed by atoms with Gasteiger partial charge in [-0.3, -0.25) is 4.79 Å². The van der Waals surface area contributed by atoms with E-state index in [0.717, 1.165) is 10.0 Å². The number of hydrogen-bond acceptors (Lipinski definition) is 5. The number of amides is 1. The van der Waals surface area contributed by atoms with Crippen molar-refractivity contribution in [3.8, 4) is 0 Å². The Bertz CT molecular complexity index is 633. The first-order chi connectivity index (χ1) is 9.45. The van der Waals surface area contributed by atoms with E-state index in [0.29, 0.717) is 15.9 Å². The molecule has 0 bridgehead atoms. The molecule has 106 valence electrons. The van der Waals surface area contributed by atoms with Crippen LogP contribution >= 0.6 is 46.3 Å². The summed E-state index contributed by atoms with van der Waals surface area (Å²) in [5.41, 5.74) is 0.951. The van der Waals surface area contributed by atoms with Gasteiger partial charge in [-0.2, -0.15) is 0 Å². The van der Waals surface area contributed by atoms with Crippen molar-refractivity contribution in [2.45, 2.75) is 23.4 Å². The van der Waals surface area contributed by atoms with Gasteiger partial charge in [-0.05, 0) is 19.9 Å². The maximum absolute atomic E-state index is 12.1. The predicted molar refractivity (Wildman–Crippen MR) is 85.1 cm³/mol. The van der Waals surface area contributed by atoms with E-state index in [1.54, 1.807) is 6.92 Å². The van der Waals surface area contributed by atoms with Crippen LogP contribution in [0.3, 0.4) is 0 Å². The van der Waals surface area contributed by atoms with Crippen molar-refractivity contribution in [2.24, 2.45) is 0 Å². The molecule has 0 aromatic carbocycles. The van der Waals surface area contributed by atoms with Gasteiger partial charge in [-0.1, -0.05) is 35.0 Å². The second-order valence-electron chi connectivity index (χ2n) is 3.99. The van der Waals surface area contributed by atoms with Crippen molar-refractivity contribution >= 4 is 58.0 Å². The first-order valence-electron chi connectivity index (χ1n) is 5.66. The second kappa shape index (κ2) is 6.76. The molecule has 4 nitrogen and oxygen atoms in total. The fraction of sp³-hybridized carbons (Fsp3) is 0.250. The Morgan fingerprint density at radius 2 is 2.25 bits per heavy atom. The molecule has 0 aliphatic rings. The zero-order valence-electron chi connectivity index (χ0n) is 10.7. The van der Waals surface area contributed by atoms with Gasteiger partial charge in [0, 0.05) is 17.3 Å². The van der Waals surface area contributed by atoms with Gasteiger partial charge in [0.15, 0.2) is 10.2 Å². The van der Waals surface area contributed by atoms with Gasteiger partial charge in [-0.25, -0.2) is 9.97 Å². The predicted octanol–water partition coefficient (Wildman–Crippen LogP) is 4.27. The van der Waals surface area contributed by atoms with E-state index in [9.17, 15) is 4.79 Å². The number of hydrogen-bond donors (Lipinski definition) is 1. The maximum Gasteiger partial charge on any atom is 0.238 e. The lowest BCUT2D eigenvalue weighted by atomic mass is 10.4. The molecule has 8 heteroatoms. The molecule has 2 aromatic heterocycles. The Hall–Kier alpha value is -0.820. The Balaban J connectivity index is 2.00. The molecular weight excluding hydrogens is 337 g/mol. The first kappa shape index (κ1) is 15.6. The summed E-state index contributed by atoms with van der Waals surface area (Å²) >= 11 is 14.6. The maximum atomic E-state index is 12.1. The number of halogens is 2. The number of nitrogens with one attached hydrogen (secondary N) is 1. The quantitative estimate of drug-likeness (QED) is 0.839. The fourth-order valence-corrected chi connectivity index (χ4v) is 3.73. The number of rotatable bonds is 4. The number of thioether (sulfide) groups is 1. The van der Waals surface area contributed by atoms with Crippen LogP contribution in [0, 0.1) is 6.92 Å². The molecule has 0 radical (unpaired) electrons.